The van der Waals surface area contributed by atoms with Gasteiger partial charge in [0.1, 0.15) is 5.75 Å². The van der Waals surface area contributed by atoms with E-state index in [1.807, 2.05) is 98.1 Å². The number of nitrogens with zero attached hydrogens (tertiary/aromatic N) is 4. The van der Waals surface area contributed by atoms with Gasteiger partial charge in [-0.3, -0.25) is 9.48 Å². The molecule has 0 radical (unpaired) electrons. The molecule has 206 valence electrons. The van der Waals surface area contributed by atoms with Gasteiger partial charge in [0.25, 0.3) is 5.91 Å². The van der Waals surface area contributed by atoms with Gasteiger partial charge in [0, 0.05) is 24.2 Å². The molecule has 1 amide bonds. The number of carbonyl (C=O) groups excluding carboxylic acids is 1. The number of ether oxygens (including phenoxy) is 1. The zero-order valence-electron chi connectivity index (χ0n) is 22.7. The summed E-state index contributed by atoms with van der Waals surface area (Å²) < 4.78 is 7.16. The SMILES string of the molecule is COc1ccc2c(c1)[C@@](O)([C@H](C)/C=C/CCn1cc(C(CO)c3ccccc3)nn1)C(=O)N2Cc1ccccc1. The number of aliphatic hydroxyl groups excluding tert-OH is 1. The highest BCUT2D eigenvalue weighted by atomic mass is 16.5. The first-order valence-corrected chi connectivity index (χ1v) is 13.4. The number of methoxy groups -OCH3 is 1. The Morgan fingerprint density at radius 3 is 2.48 bits per heavy atom. The van der Waals surface area contributed by atoms with Crippen molar-refractivity contribution in [2.45, 2.75) is 38.0 Å². The number of benzene rings is 3. The number of fused-ring (bicyclic) bond motifs is 1. The molecule has 3 aromatic carbocycles. The largest absolute Gasteiger partial charge is 0.497 e. The molecular formula is C32H34N4O4. The second kappa shape index (κ2) is 11.9. The van der Waals surface area contributed by atoms with Crippen LogP contribution < -0.4 is 9.64 Å². The number of anilines is 1. The van der Waals surface area contributed by atoms with Crippen molar-refractivity contribution in [3.8, 4) is 5.75 Å². The fraction of sp³-hybridized carbons (Fsp3) is 0.281. The number of aryl methyl sites for hydroxylation is 1. The second-order valence-corrected chi connectivity index (χ2v) is 10.1. The Morgan fingerprint density at radius 1 is 1.05 bits per heavy atom. The number of carbonyl (C=O) groups is 1. The summed E-state index contributed by atoms with van der Waals surface area (Å²) in [6.07, 6.45) is 6.32. The van der Waals surface area contributed by atoms with Crippen molar-refractivity contribution < 1.29 is 19.7 Å². The zero-order valence-corrected chi connectivity index (χ0v) is 22.7. The number of allylic oxidation sites excluding steroid dienone is 1. The molecule has 0 bridgehead atoms. The summed E-state index contributed by atoms with van der Waals surface area (Å²) in [5, 5.41) is 30.3. The molecule has 0 saturated carbocycles. The number of hydrogen-bond donors (Lipinski definition) is 2. The van der Waals surface area contributed by atoms with Crippen LogP contribution in [-0.2, 0) is 23.5 Å². The molecule has 0 fully saturated rings. The van der Waals surface area contributed by atoms with Gasteiger partial charge in [-0.05, 0) is 35.7 Å². The van der Waals surface area contributed by atoms with E-state index in [4.69, 9.17) is 4.74 Å². The lowest BCUT2D eigenvalue weighted by molar-refractivity contribution is -0.139. The first-order valence-electron chi connectivity index (χ1n) is 13.4. The normalized spacial score (nSPS) is 18.2. The summed E-state index contributed by atoms with van der Waals surface area (Å²) in [5.41, 5.74) is 2.18. The average Bonchev–Trinajstić information content (AvgIpc) is 3.54. The maximum Gasteiger partial charge on any atom is 0.264 e. The van der Waals surface area contributed by atoms with Crippen molar-refractivity contribution in [2.24, 2.45) is 5.92 Å². The smallest absolute Gasteiger partial charge is 0.264 e. The van der Waals surface area contributed by atoms with Gasteiger partial charge >= 0.3 is 0 Å². The van der Waals surface area contributed by atoms with Crippen LogP contribution in [0.1, 0.15) is 41.6 Å². The maximum absolute atomic E-state index is 13.8. The van der Waals surface area contributed by atoms with E-state index in [2.05, 4.69) is 10.3 Å². The van der Waals surface area contributed by atoms with E-state index in [1.165, 1.54) is 0 Å². The molecule has 0 aliphatic carbocycles. The molecule has 5 rings (SSSR count). The van der Waals surface area contributed by atoms with Crippen molar-refractivity contribution in [1.29, 1.82) is 0 Å². The van der Waals surface area contributed by atoms with Crippen LogP contribution in [0.4, 0.5) is 5.69 Å². The number of hydrogen-bond acceptors (Lipinski definition) is 6. The molecule has 1 aliphatic heterocycles. The monoisotopic (exact) mass is 538 g/mol. The Labute approximate surface area is 234 Å². The predicted octanol–water partition coefficient (Wildman–Crippen LogP) is 4.43. The van der Waals surface area contributed by atoms with Crippen LogP contribution in [0.3, 0.4) is 0 Å². The van der Waals surface area contributed by atoms with E-state index < -0.39 is 11.5 Å². The molecular weight excluding hydrogens is 504 g/mol. The van der Waals surface area contributed by atoms with Gasteiger partial charge in [0.05, 0.1) is 37.6 Å². The fourth-order valence-electron chi connectivity index (χ4n) is 5.26. The quantitative estimate of drug-likeness (QED) is 0.274. The summed E-state index contributed by atoms with van der Waals surface area (Å²) in [7, 11) is 1.57. The number of rotatable bonds is 11. The second-order valence-electron chi connectivity index (χ2n) is 10.1. The van der Waals surface area contributed by atoms with Crippen LogP contribution in [-0.4, -0.2) is 44.8 Å². The molecule has 1 aliphatic rings. The zero-order chi connectivity index (χ0) is 28.1. The highest BCUT2D eigenvalue weighted by Crippen LogP contribution is 2.47. The maximum atomic E-state index is 13.8. The first kappa shape index (κ1) is 27.3. The molecule has 4 aromatic rings. The van der Waals surface area contributed by atoms with Crippen LogP contribution in [0.5, 0.6) is 5.75 Å². The number of aliphatic hydroxyl groups is 2. The van der Waals surface area contributed by atoms with Gasteiger partial charge < -0.3 is 19.8 Å². The Balaban J connectivity index is 1.30. The molecule has 3 atom stereocenters. The molecule has 0 spiro atoms. The van der Waals surface area contributed by atoms with Crippen molar-refractivity contribution in [2.75, 3.05) is 18.6 Å². The number of amides is 1. The average molecular weight is 539 g/mol. The summed E-state index contributed by atoms with van der Waals surface area (Å²) >= 11 is 0. The van der Waals surface area contributed by atoms with Crippen LogP contribution in [0.15, 0.2) is 97.2 Å². The van der Waals surface area contributed by atoms with Gasteiger partial charge in [0.15, 0.2) is 5.60 Å². The Hall–Kier alpha value is -4.27. The van der Waals surface area contributed by atoms with E-state index in [-0.39, 0.29) is 18.4 Å². The van der Waals surface area contributed by atoms with Crippen LogP contribution in [0.2, 0.25) is 0 Å². The molecule has 40 heavy (non-hydrogen) atoms. The van der Waals surface area contributed by atoms with E-state index in [1.54, 1.807) is 22.8 Å². The van der Waals surface area contributed by atoms with Gasteiger partial charge in [-0.2, -0.15) is 0 Å². The Bertz CT molecular complexity index is 1470. The summed E-state index contributed by atoms with van der Waals surface area (Å²) in [4.78, 5) is 15.4. The van der Waals surface area contributed by atoms with Gasteiger partial charge in [-0.15, -0.1) is 5.10 Å². The molecule has 2 N–H and O–H groups in total. The lowest BCUT2D eigenvalue weighted by Gasteiger charge is -2.27. The minimum Gasteiger partial charge on any atom is -0.497 e. The molecule has 0 saturated heterocycles. The minimum absolute atomic E-state index is 0.0553. The molecule has 2 heterocycles. The fourth-order valence-corrected chi connectivity index (χ4v) is 5.26. The van der Waals surface area contributed by atoms with Crippen LogP contribution in [0, 0.1) is 5.92 Å². The van der Waals surface area contributed by atoms with Crippen molar-refractivity contribution in [1.82, 2.24) is 15.0 Å². The molecule has 8 heteroatoms. The van der Waals surface area contributed by atoms with Crippen molar-refractivity contribution in [3.63, 3.8) is 0 Å². The Kier molecular flexibility index (Phi) is 8.09. The third kappa shape index (κ3) is 5.28. The van der Waals surface area contributed by atoms with E-state index in [0.29, 0.717) is 42.2 Å². The van der Waals surface area contributed by atoms with Gasteiger partial charge in [-0.1, -0.05) is 85.0 Å². The van der Waals surface area contributed by atoms with Crippen LogP contribution in [0.25, 0.3) is 0 Å². The molecule has 1 unspecified atom stereocenters. The summed E-state index contributed by atoms with van der Waals surface area (Å²) in [5.74, 6) is -0.492. The van der Waals surface area contributed by atoms with E-state index >= 15 is 0 Å². The van der Waals surface area contributed by atoms with E-state index in [9.17, 15) is 15.0 Å². The topological polar surface area (TPSA) is 101 Å². The van der Waals surface area contributed by atoms with Crippen molar-refractivity contribution in [3.05, 3.63) is 120 Å². The lowest BCUT2D eigenvalue weighted by atomic mass is 9.83. The summed E-state index contributed by atoms with van der Waals surface area (Å²) in [6, 6.07) is 24.9. The third-order valence-electron chi connectivity index (χ3n) is 7.57. The van der Waals surface area contributed by atoms with Gasteiger partial charge in [0.2, 0.25) is 0 Å². The van der Waals surface area contributed by atoms with Gasteiger partial charge in [-0.25, -0.2) is 0 Å². The highest BCUT2D eigenvalue weighted by molar-refractivity contribution is 6.07. The minimum atomic E-state index is -1.72. The highest BCUT2D eigenvalue weighted by Gasteiger charge is 2.52. The summed E-state index contributed by atoms with van der Waals surface area (Å²) in [6.45, 7) is 2.73. The van der Waals surface area contributed by atoms with Crippen LogP contribution >= 0.6 is 0 Å². The predicted molar refractivity (Wildman–Crippen MR) is 153 cm³/mol. The Morgan fingerprint density at radius 2 is 1.77 bits per heavy atom. The molecule has 8 nitrogen and oxygen atoms in total. The number of aromatic nitrogens is 3. The van der Waals surface area contributed by atoms with E-state index in [0.717, 1.165) is 11.1 Å². The third-order valence-corrected chi connectivity index (χ3v) is 7.57. The molecule has 1 aromatic heterocycles. The standard InChI is InChI=1S/C32H34N4O4/c1-23(11-9-10-18-35-21-29(33-34-35)27(22-37)25-14-7-4-8-15-25)32(39)28-19-26(40-2)16-17-30(28)36(31(32)38)20-24-12-5-3-6-13-24/h3-9,11-17,19,21,23,27,37,39H,10,18,20,22H2,1-2H3/b11-9+/t23-,27?,32+/m1/s1. The van der Waals surface area contributed by atoms with Crippen molar-refractivity contribution >= 4 is 11.6 Å². The first-order chi connectivity index (χ1) is 19.5. The lowest BCUT2D eigenvalue weighted by Crippen LogP contribution is -2.44.